The molecular formula is ClNO2Ru-2. The first-order valence-electron chi connectivity index (χ1n) is 0.365. The second-order valence-electron chi connectivity index (χ2n) is 0.0745. The van der Waals surface area contributed by atoms with E-state index in [9.17, 15) is 0 Å². The van der Waals surface area contributed by atoms with Gasteiger partial charge in [-0.3, -0.25) is 0 Å². The van der Waals surface area contributed by atoms with Crippen molar-refractivity contribution < 1.29 is 31.9 Å². The van der Waals surface area contributed by atoms with Gasteiger partial charge in [0.05, 0.1) is 0 Å². The van der Waals surface area contributed by atoms with Gasteiger partial charge < -0.3 is 22.5 Å². The van der Waals surface area contributed by atoms with Gasteiger partial charge in [-0.15, -0.1) is 5.34 Å². The summed E-state index contributed by atoms with van der Waals surface area (Å²) in [5.74, 6) is 0. The zero-order chi connectivity index (χ0) is 2.71. The van der Waals surface area contributed by atoms with Crippen molar-refractivity contribution in [2.75, 3.05) is 0 Å². The number of halogens is 1. The molecule has 0 aliphatic rings. The van der Waals surface area contributed by atoms with Gasteiger partial charge in [0.1, 0.15) is 0 Å². The molecule has 0 unspecified atom stereocenters. The molecule has 3 nitrogen and oxygen atoms in total. The molecule has 0 atom stereocenters. The Labute approximate surface area is 47.9 Å². The van der Waals surface area contributed by atoms with Gasteiger partial charge in [0.25, 0.3) is 0 Å². The number of rotatable bonds is 0. The molecule has 0 aromatic rings. The van der Waals surface area contributed by atoms with Crippen LogP contribution in [0.1, 0.15) is 0 Å². The molecule has 0 aromatic carbocycles. The van der Waals surface area contributed by atoms with Crippen LogP contribution >= 0.6 is 0 Å². The molecular weight excluding hydrogens is 183 g/mol. The van der Waals surface area contributed by atoms with Crippen LogP contribution in [-0.2, 0) is 19.5 Å². The average Bonchev–Trinajstić information content (AvgIpc) is 0.918. The molecule has 0 fully saturated rings. The Hall–Kier alpha value is 0.313. The molecule has 5 heteroatoms. The van der Waals surface area contributed by atoms with Crippen molar-refractivity contribution in [2.24, 2.45) is 5.34 Å². The van der Waals surface area contributed by atoms with Crippen molar-refractivity contribution in [3.63, 3.8) is 0 Å². The Balaban J connectivity index is -0.0000000200. The third-order valence-electron chi connectivity index (χ3n) is 0. The first kappa shape index (κ1) is 18.5. The average molecular weight is 183 g/mol. The van der Waals surface area contributed by atoms with Crippen LogP contribution in [0, 0.1) is 10.1 Å². The molecule has 0 amide bonds. The number of hydrogen-bond acceptors (Lipinski definition) is 3. The fraction of sp³-hybridized carbons (Fsp3) is 0. The summed E-state index contributed by atoms with van der Waals surface area (Å²) in [4.78, 5) is 8.00. The van der Waals surface area contributed by atoms with Gasteiger partial charge >= 0.3 is 0 Å². The van der Waals surface area contributed by atoms with E-state index in [0.717, 1.165) is 5.34 Å². The molecule has 0 bridgehead atoms. The van der Waals surface area contributed by atoms with Crippen LogP contribution in [0.15, 0.2) is 5.34 Å². The Morgan fingerprint density at radius 3 is 1.60 bits per heavy atom. The molecule has 34 valence electrons. The molecule has 0 saturated carbocycles. The molecule has 0 heterocycles. The van der Waals surface area contributed by atoms with Gasteiger partial charge in [-0.05, 0) is 0 Å². The van der Waals surface area contributed by atoms with Gasteiger partial charge in [0.2, 0.25) is 0 Å². The second-order valence-corrected chi connectivity index (χ2v) is 0.0745. The molecule has 0 N–H and O–H groups in total. The predicted octanol–water partition coefficient (Wildman–Crippen LogP) is -2.75. The van der Waals surface area contributed by atoms with Crippen LogP contribution in [0.4, 0.5) is 0 Å². The van der Waals surface area contributed by atoms with E-state index >= 15 is 0 Å². The Bertz CT molecular complexity index is 17.1. The Kier molecular flexibility index (Phi) is 101. The minimum atomic E-state index is 0. The summed E-state index contributed by atoms with van der Waals surface area (Å²) < 4.78 is 0. The maximum absolute atomic E-state index is 8.00. The smallest absolute Gasteiger partial charge is 0 e. The van der Waals surface area contributed by atoms with Crippen LogP contribution in [0.5, 0.6) is 0 Å². The maximum atomic E-state index is 8.00. The third kappa shape index (κ3) is 235. The van der Waals surface area contributed by atoms with Crippen LogP contribution in [-0.4, -0.2) is 0 Å². The summed E-state index contributed by atoms with van der Waals surface area (Å²) in [6.07, 6.45) is 0. The fourth-order valence-electron chi connectivity index (χ4n) is 0. The van der Waals surface area contributed by atoms with E-state index in [1.807, 2.05) is 0 Å². The topological polar surface area (TPSA) is 52.5 Å². The minimum Gasteiger partial charge on any atom is -1.00 e. The van der Waals surface area contributed by atoms with Gasteiger partial charge in [0.15, 0.2) is 0 Å². The monoisotopic (exact) mass is 183 g/mol. The zero-order valence-corrected chi connectivity index (χ0v) is 4.49. The van der Waals surface area contributed by atoms with E-state index in [1.54, 1.807) is 0 Å². The summed E-state index contributed by atoms with van der Waals surface area (Å²) in [5, 5.41) is 9.00. The molecule has 0 saturated heterocycles. The van der Waals surface area contributed by atoms with Crippen molar-refractivity contribution in [3.8, 4) is 0 Å². The molecule has 0 radical (unpaired) electrons. The van der Waals surface area contributed by atoms with Crippen molar-refractivity contribution in [3.05, 3.63) is 10.1 Å². The molecule has 0 aromatic heterocycles. The van der Waals surface area contributed by atoms with E-state index < -0.39 is 0 Å². The molecule has 0 spiro atoms. The normalized spacial score (nSPS) is 2.40. The van der Waals surface area contributed by atoms with Crippen LogP contribution < -0.4 is 12.4 Å². The van der Waals surface area contributed by atoms with E-state index in [-0.39, 0.29) is 31.9 Å². The van der Waals surface area contributed by atoms with Gasteiger partial charge in [-0.2, -0.15) is 0 Å². The van der Waals surface area contributed by atoms with Gasteiger partial charge in [-0.25, -0.2) is 0 Å². The first-order valence-corrected chi connectivity index (χ1v) is 0.365. The van der Waals surface area contributed by atoms with Crippen LogP contribution in [0.25, 0.3) is 0 Å². The van der Waals surface area contributed by atoms with Crippen molar-refractivity contribution >= 4 is 0 Å². The summed E-state index contributed by atoms with van der Waals surface area (Å²) >= 11 is 0. The minimum absolute atomic E-state index is 0. The van der Waals surface area contributed by atoms with Gasteiger partial charge in [-0.1, -0.05) is 0 Å². The van der Waals surface area contributed by atoms with Gasteiger partial charge in [0, 0.05) is 19.5 Å². The summed E-state index contributed by atoms with van der Waals surface area (Å²) in [5.41, 5.74) is 0. The largest absolute Gasteiger partial charge is 1.00 e. The molecule has 0 aliphatic carbocycles. The quantitative estimate of drug-likeness (QED) is 0.232. The predicted molar refractivity (Wildman–Crippen MR) is 9.16 cm³/mol. The van der Waals surface area contributed by atoms with Crippen molar-refractivity contribution in [1.82, 2.24) is 0 Å². The second kappa shape index (κ2) is 27.5. The van der Waals surface area contributed by atoms with E-state index in [1.165, 1.54) is 0 Å². The fourth-order valence-corrected chi connectivity index (χ4v) is 0. The molecule has 0 rings (SSSR count). The Morgan fingerprint density at radius 2 is 1.60 bits per heavy atom. The van der Waals surface area contributed by atoms with Crippen molar-refractivity contribution in [1.29, 1.82) is 0 Å². The Morgan fingerprint density at radius 1 is 1.60 bits per heavy atom. The standard InChI is InChI=1S/ClH.HNO2.Ru/c;2-1-3;/h1H;(H,2,3);/p-2. The number of hydrogen-bond donors (Lipinski definition) is 0. The van der Waals surface area contributed by atoms with Crippen LogP contribution in [0.3, 0.4) is 0 Å². The van der Waals surface area contributed by atoms with Crippen molar-refractivity contribution in [2.45, 2.75) is 0 Å². The zero-order valence-electron chi connectivity index (χ0n) is 2.00. The molecule has 5 heavy (non-hydrogen) atoms. The summed E-state index contributed by atoms with van der Waals surface area (Å²) in [6, 6.07) is 0. The summed E-state index contributed by atoms with van der Waals surface area (Å²) in [6.45, 7) is 0. The summed E-state index contributed by atoms with van der Waals surface area (Å²) in [7, 11) is 0. The van der Waals surface area contributed by atoms with E-state index in [4.69, 9.17) is 10.1 Å². The number of nitrogens with zero attached hydrogens (tertiary/aromatic N) is 1. The molecule has 0 aliphatic heterocycles. The van der Waals surface area contributed by atoms with E-state index in [2.05, 4.69) is 0 Å². The maximum Gasteiger partial charge on any atom is 0 e. The van der Waals surface area contributed by atoms with E-state index in [0.29, 0.717) is 0 Å². The SMILES string of the molecule is O=N[O-].[Cl-].[Ru]. The third-order valence-corrected chi connectivity index (χ3v) is 0. The first-order chi connectivity index (χ1) is 1.41. The van der Waals surface area contributed by atoms with Crippen LogP contribution in [0.2, 0.25) is 0 Å².